The van der Waals surface area contributed by atoms with Gasteiger partial charge in [-0.3, -0.25) is 9.88 Å². The van der Waals surface area contributed by atoms with E-state index in [1.165, 1.54) is 16.2 Å². The summed E-state index contributed by atoms with van der Waals surface area (Å²) in [7, 11) is 1.71. The van der Waals surface area contributed by atoms with Gasteiger partial charge in [-0.15, -0.1) is 0 Å². The molecule has 112 valence electrons. The standard InChI is InChI=1S/C15H19N3O2S/c1-4-5-9-20-15(19)18(3)14-11(2)17-13(21-14)12-7-6-8-16-10-12/h6-8,10H,4-5,9H2,1-3H3. The first-order valence-electron chi connectivity index (χ1n) is 6.91. The third-order valence-electron chi connectivity index (χ3n) is 2.98. The van der Waals surface area contributed by atoms with E-state index in [0.29, 0.717) is 6.61 Å². The van der Waals surface area contributed by atoms with Crippen LogP contribution in [0.25, 0.3) is 10.6 Å². The van der Waals surface area contributed by atoms with Crippen molar-refractivity contribution in [1.82, 2.24) is 9.97 Å². The van der Waals surface area contributed by atoms with Crippen molar-refractivity contribution >= 4 is 22.4 Å². The van der Waals surface area contributed by atoms with E-state index in [2.05, 4.69) is 16.9 Å². The number of amides is 1. The van der Waals surface area contributed by atoms with Crippen LogP contribution in [0.2, 0.25) is 0 Å². The molecule has 0 N–H and O–H groups in total. The highest BCUT2D eigenvalue weighted by molar-refractivity contribution is 7.19. The lowest BCUT2D eigenvalue weighted by Crippen LogP contribution is -2.27. The molecule has 5 nitrogen and oxygen atoms in total. The van der Waals surface area contributed by atoms with E-state index in [1.807, 2.05) is 19.1 Å². The Bertz CT molecular complexity index is 598. The minimum absolute atomic E-state index is 0.340. The molecule has 2 heterocycles. The summed E-state index contributed by atoms with van der Waals surface area (Å²) in [6.07, 6.45) is 5.03. The number of pyridine rings is 1. The molecule has 0 spiro atoms. The highest BCUT2D eigenvalue weighted by Crippen LogP contribution is 2.33. The van der Waals surface area contributed by atoms with Crippen molar-refractivity contribution in [3.8, 4) is 10.6 Å². The van der Waals surface area contributed by atoms with E-state index >= 15 is 0 Å². The zero-order valence-electron chi connectivity index (χ0n) is 12.5. The topological polar surface area (TPSA) is 55.3 Å². The molecule has 2 aromatic rings. The summed E-state index contributed by atoms with van der Waals surface area (Å²) in [6, 6.07) is 3.82. The number of hydrogen-bond donors (Lipinski definition) is 0. The van der Waals surface area contributed by atoms with Crippen LogP contribution in [0.1, 0.15) is 25.5 Å². The van der Waals surface area contributed by atoms with Crippen LogP contribution in [0.4, 0.5) is 9.80 Å². The number of thiazole rings is 1. The van der Waals surface area contributed by atoms with Crippen LogP contribution in [0.5, 0.6) is 0 Å². The first kappa shape index (κ1) is 15.4. The zero-order chi connectivity index (χ0) is 15.2. The second kappa shape index (κ2) is 7.17. The van der Waals surface area contributed by atoms with Crippen LogP contribution >= 0.6 is 11.3 Å². The lowest BCUT2D eigenvalue weighted by Gasteiger charge is -2.15. The number of anilines is 1. The molecule has 2 rings (SSSR count). The molecular formula is C15H19N3O2S. The molecule has 0 aromatic carbocycles. The van der Waals surface area contributed by atoms with Crippen LogP contribution in [-0.2, 0) is 4.74 Å². The third kappa shape index (κ3) is 3.78. The van der Waals surface area contributed by atoms with Crippen LogP contribution in [0.3, 0.4) is 0 Å². The van der Waals surface area contributed by atoms with Crippen molar-refractivity contribution in [3.63, 3.8) is 0 Å². The van der Waals surface area contributed by atoms with E-state index in [9.17, 15) is 4.79 Å². The number of ether oxygens (including phenoxy) is 1. The van der Waals surface area contributed by atoms with Gasteiger partial charge >= 0.3 is 6.09 Å². The normalized spacial score (nSPS) is 10.4. The summed E-state index contributed by atoms with van der Waals surface area (Å²) >= 11 is 1.46. The maximum absolute atomic E-state index is 12.0. The molecule has 2 aromatic heterocycles. The van der Waals surface area contributed by atoms with E-state index in [-0.39, 0.29) is 6.09 Å². The highest BCUT2D eigenvalue weighted by Gasteiger charge is 2.19. The van der Waals surface area contributed by atoms with Crippen LogP contribution in [0.15, 0.2) is 24.5 Å². The molecule has 1 amide bonds. The first-order chi connectivity index (χ1) is 10.1. The van der Waals surface area contributed by atoms with Crippen molar-refractivity contribution in [3.05, 3.63) is 30.2 Å². The van der Waals surface area contributed by atoms with Crippen LogP contribution < -0.4 is 4.90 Å². The van der Waals surface area contributed by atoms with Crippen LogP contribution in [0, 0.1) is 6.92 Å². The molecule has 0 fully saturated rings. The van der Waals surface area contributed by atoms with Gasteiger partial charge in [-0.2, -0.15) is 0 Å². The zero-order valence-corrected chi connectivity index (χ0v) is 13.3. The third-order valence-corrected chi connectivity index (χ3v) is 4.27. The fourth-order valence-corrected chi connectivity index (χ4v) is 2.80. The molecule has 0 saturated heterocycles. The van der Waals surface area contributed by atoms with Gasteiger partial charge in [0.1, 0.15) is 10.0 Å². The Kier molecular flexibility index (Phi) is 5.27. The molecule has 0 radical (unpaired) electrons. The van der Waals surface area contributed by atoms with Gasteiger partial charge < -0.3 is 4.74 Å². The lowest BCUT2D eigenvalue weighted by atomic mass is 10.3. The summed E-state index contributed by atoms with van der Waals surface area (Å²) < 4.78 is 5.22. The van der Waals surface area contributed by atoms with E-state index in [4.69, 9.17) is 4.74 Å². The predicted molar refractivity (Wildman–Crippen MR) is 84.7 cm³/mol. The maximum atomic E-state index is 12.0. The Balaban J connectivity index is 2.13. The van der Waals surface area contributed by atoms with Gasteiger partial charge in [0.2, 0.25) is 0 Å². The second-order valence-corrected chi connectivity index (χ2v) is 5.66. The Morgan fingerprint density at radius 3 is 2.95 bits per heavy atom. The van der Waals surface area contributed by atoms with E-state index < -0.39 is 0 Å². The number of aryl methyl sites for hydroxylation is 1. The first-order valence-corrected chi connectivity index (χ1v) is 7.73. The molecule has 0 aliphatic rings. The quantitative estimate of drug-likeness (QED) is 0.786. The minimum Gasteiger partial charge on any atom is -0.449 e. The molecule has 21 heavy (non-hydrogen) atoms. The molecule has 0 bridgehead atoms. The molecule has 6 heteroatoms. The molecule has 0 aliphatic carbocycles. The minimum atomic E-state index is -0.340. The average molecular weight is 305 g/mol. The van der Waals surface area contributed by atoms with Crippen molar-refractivity contribution < 1.29 is 9.53 Å². The number of carbonyl (C=O) groups is 1. The summed E-state index contributed by atoms with van der Waals surface area (Å²) in [4.78, 5) is 22.1. The number of nitrogens with zero attached hydrogens (tertiary/aromatic N) is 3. The van der Waals surface area contributed by atoms with Crippen molar-refractivity contribution in [2.45, 2.75) is 26.7 Å². The summed E-state index contributed by atoms with van der Waals surface area (Å²) in [5.74, 6) is 0. The highest BCUT2D eigenvalue weighted by atomic mass is 32.1. The van der Waals surface area contributed by atoms with Gasteiger partial charge in [-0.25, -0.2) is 9.78 Å². The second-order valence-electron chi connectivity index (χ2n) is 4.68. The summed E-state index contributed by atoms with van der Waals surface area (Å²) in [6.45, 7) is 4.40. The van der Waals surface area contributed by atoms with Crippen molar-refractivity contribution in [2.75, 3.05) is 18.6 Å². The largest absolute Gasteiger partial charge is 0.449 e. The maximum Gasteiger partial charge on any atom is 0.414 e. The molecule has 0 aliphatic heterocycles. The Hall–Kier alpha value is -1.95. The number of unbranched alkanes of at least 4 members (excludes halogenated alkanes) is 1. The SMILES string of the molecule is CCCCOC(=O)N(C)c1sc(-c2cccnc2)nc1C. The van der Waals surface area contributed by atoms with E-state index in [1.54, 1.807) is 19.4 Å². The number of aromatic nitrogens is 2. The van der Waals surface area contributed by atoms with Crippen molar-refractivity contribution in [2.24, 2.45) is 0 Å². The van der Waals surface area contributed by atoms with E-state index in [0.717, 1.165) is 34.1 Å². The van der Waals surface area contributed by atoms with Gasteiger partial charge in [0.05, 0.1) is 12.3 Å². The Labute approximate surface area is 128 Å². The van der Waals surface area contributed by atoms with Crippen LogP contribution in [-0.4, -0.2) is 29.7 Å². The van der Waals surface area contributed by atoms with Gasteiger partial charge in [0.15, 0.2) is 0 Å². The van der Waals surface area contributed by atoms with Gasteiger partial charge in [-0.1, -0.05) is 24.7 Å². The smallest absolute Gasteiger partial charge is 0.414 e. The van der Waals surface area contributed by atoms with Gasteiger partial charge in [0, 0.05) is 25.0 Å². The Morgan fingerprint density at radius 1 is 1.48 bits per heavy atom. The molecule has 0 saturated carbocycles. The number of carbonyl (C=O) groups excluding carboxylic acids is 1. The molecule has 0 atom stereocenters. The molecular weight excluding hydrogens is 286 g/mol. The lowest BCUT2D eigenvalue weighted by molar-refractivity contribution is 0.153. The monoisotopic (exact) mass is 305 g/mol. The van der Waals surface area contributed by atoms with Gasteiger partial charge in [0.25, 0.3) is 0 Å². The summed E-state index contributed by atoms with van der Waals surface area (Å²) in [5.41, 5.74) is 1.76. The fraction of sp³-hybridized carbons (Fsp3) is 0.400. The van der Waals surface area contributed by atoms with Crippen molar-refractivity contribution in [1.29, 1.82) is 0 Å². The predicted octanol–water partition coefficient (Wildman–Crippen LogP) is 3.89. The number of hydrogen-bond acceptors (Lipinski definition) is 5. The molecule has 0 unspecified atom stereocenters. The Morgan fingerprint density at radius 2 is 2.29 bits per heavy atom. The summed E-state index contributed by atoms with van der Waals surface area (Å²) in [5, 5.41) is 1.65. The average Bonchev–Trinajstić information content (AvgIpc) is 2.89. The number of rotatable bonds is 5. The fourth-order valence-electron chi connectivity index (χ4n) is 1.80. The van der Waals surface area contributed by atoms with Gasteiger partial charge in [-0.05, 0) is 25.5 Å².